The molecule has 0 aliphatic carbocycles. The quantitative estimate of drug-likeness (QED) is 0.831. The van der Waals surface area contributed by atoms with Crippen LogP contribution in [0.2, 0.25) is 0 Å². The lowest BCUT2D eigenvalue weighted by Crippen LogP contribution is -2.46. The summed E-state index contributed by atoms with van der Waals surface area (Å²) in [6.45, 7) is 0.207. The minimum Gasteiger partial charge on any atom is -0.497 e. The molecule has 1 aromatic rings. The Balaban J connectivity index is 1.85. The lowest BCUT2D eigenvalue weighted by Gasteiger charge is -2.32. The Morgan fingerprint density at radius 3 is 2.92 bits per heavy atom. The molecule has 2 amide bonds. The van der Waals surface area contributed by atoms with Gasteiger partial charge in [-0.3, -0.25) is 14.4 Å². The van der Waals surface area contributed by atoms with E-state index in [1.54, 1.807) is 18.2 Å². The van der Waals surface area contributed by atoms with E-state index >= 15 is 0 Å². The van der Waals surface area contributed by atoms with Crippen LogP contribution in [0.15, 0.2) is 18.2 Å². The maximum absolute atomic E-state index is 12.4. The van der Waals surface area contributed by atoms with Gasteiger partial charge in [-0.15, -0.1) is 0 Å². The van der Waals surface area contributed by atoms with Crippen LogP contribution in [0.1, 0.15) is 29.6 Å². The fraction of sp³-hybridized carbons (Fsp3) is 0.471. The fourth-order valence-corrected chi connectivity index (χ4v) is 3.20. The largest absolute Gasteiger partial charge is 0.497 e. The number of amides is 2. The number of methoxy groups -OCH3 is 1. The second kappa shape index (κ2) is 6.62. The standard InChI is InChI=1S/C17H20N2O6/c1-24-11-2-3-13-12(8-11)16(23)18-10-17(25-13)5-4-14(20)19(7-6-17)9-15(21)22/h2-3,8H,4-7,9-10H2,1H3,(H,18,23)(H,21,22). The van der Waals surface area contributed by atoms with Gasteiger partial charge < -0.3 is 24.8 Å². The van der Waals surface area contributed by atoms with E-state index < -0.39 is 11.6 Å². The fourth-order valence-electron chi connectivity index (χ4n) is 3.20. The summed E-state index contributed by atoms with van der Waals surface area (Å²) in [6.07, 6.45) is 1.03. The Morgan fingerprint density at radius 1 is 1.40 bits per heavy atom. The van der Waals surface area contributed by atoms with E-state index in [9.17, 15) is 14.4 Å². The Labute approximate surface area is 144 Å². The molecule has 0 radical (unpaired) electrons. The van der Waals surface area contributed by atoms with Crippen LogP contribution in [0.25, 0.3) is 0 Å². The molecule has 1 unspecified atom stereocenters. The smallest absolute Gasteiger partial charge is 0.323 e. The SMILES string of the molecule is COc1ccc2c(c1)C(=O)NCC1(CCC(=O)N(CC(=O)O)CC1)O2. The normalized spacial score (nSPS) is 23.2. The zero-order chi connectivity index (χ0) is 18.0. The monoisotopic (exact) mass is 348 g/mol. The van der Waals surface area contributed by atoms with Crippen molar-refractivity contribution in [3.63, 3.8) is 0 Å². The molecule has 8 heteroatoms. The lowest BCUT2D eigenvalue weighted by molar-refractivity contribution is -0.144. The van der Waals surface area contributed by atoms with Crippen LogP contribution < -0.4 is 14.8 Å². The molecular weight excluding hydrogens is 328 g/mol. The highest BCUT2D eigenvalue weighted by Gasteiger charge is 2.40. The molecule has 1 fully saturated rings. The zero-order valence-corrected chi connectivity index (χ0v) is 13.9. The van der Waals surface area contributed by atoms with E-state index in [1.165, 1.54) is 12.0 Å². The molecule has 2 heterocycles. The van der Waals surface area contributed by atoms with Gasteiger partial charge in [0.25, 0.3) is 5.91 Å². The number of fused-ring (bicyclic) bond motifs is 1. The van der Waals surface area contributed by atoms with Gasteiger partial charge in [0.05, 0.1) is 19.2 Å². The predicted molar refractivity (Wildman–Crippen MR) is 86.8 cm³/mol. The second-order valence-corrected chi connectivity index (χ2v) is 6.29. The number of hydrogen-bond acceptors (Lipinski definition) is 5. The van der Waals surface area contributed by atoms with E-state index in [0.29, 0.717) is 29.9 Å². The molecule has 25 heavy (non-hydrogen) atoms. The third-order valence-corrected chi connectivity index (χ3v) is 4.64. The van der Waals surface area contributed by atoms with Crippen molar-refractivity contribution in [2.24, 2.45) is 0 Å². The molecule has 1 spiro atoms. The first-order valence-electron chi connectivity index (χ1n) is 8.07. The van der Waals surface area contributed by atoms with Crippen LogP contribution in [0.5, 0.6) is 11.5 Å². The minimum absolute atomic E-state index is 0.175. The number of likely N-dealkylation sites (tertiary alicyclic amines) is 1. The summed E-state index contributed by atoms with van der Waals surface area (Å²) in [6, 6.07) is 5.01. The van der Waals surface area contributed by atoms with Gasteiger partial charge in [0.15, 0.2) is 0 Å². The number of carbonyl (C=O) groups excluding carboxylic acids is 2. The Bertz CT molecular complexity index is 719. The number of carboxylic acids is 1. The number of rotatable bonds is 3. The lowest BCUT2D eigenvalue weighted by atomic mass is 9.94. The van der Waals surface area contributed by atoms with E-state index in [2.05, 4.69) is 5.32 Å². The van der Waals surface area contributed by atoms with Gasteiger partial charge >= 0.3 is 5.97 Å². The van der Waals surface area contributed by atoms with Crippen LogP contribution in [-0.2, 0) is 9.59 Å². The maximum atomic E-state index is 12.4. The first kappa shape index (κ1) is 17.1. The summed E-state index contributed by atoms with van der Waals surface area (Å²) in [7, 11) is 1.52. The molecule has 8 nitrogen and oxygen atoms in total. The van der Waals surface area contributed by atoms with E-state index in [-0.39, 0.29) is 37.9 Å². The molecule has 2 aliphatic heterocycles. The Hall–Kier alpha value is -2.77. The van der Waals surface area contributed by atoms with Gasteiger partial charge in [-0.2, -0.15) is 0 Å². The number of carbonyl (C=O) groups is 3. The molecular formula is C17H20N2O6. The van der Waals surface area contributed by atoms with Crippen molar-refractivity contribution in [2.75, 3.05) is 26.7 Å². The topological polar surface area (TPSA) is 105 Å². The molecule has 2 aliphatic rings. The highest BCUT2D eigenvalue weighted by atomic mass is 16.5. The van der Waals surface area contributed by atoms with Gasteiger partial charge in [-0.25, -0.2) is 0 Å². The van der Waals surface area contributed by atoms with Crippen LogP contribution in [0.4, 0.5) is 0 Å². The first-order valence-corrected chi connectivity index (χ1v) is 8.07. The third-order valence-electron chi connectivity index (χ3n) is 4.64. The minimum atomic E-state index is -1.04. The number of nitrogens with one attached hydrogen (secondary N) is 1. The van der Waals surface area contributed by atoms with Gasteiger partial charge in [0.1, 0.15) is 23.6 Å². The molecule has 0 bridgehead atoms. The molecule has 2 N–H and O–H groups in total. The highest BCUT2D eigenvalue weighted by molar-refractivity contribution is 5.97. The van der Waals surface area contributed by atoms with Crippen molar-refractivity contribution in [3.8, 4) is 11.5 Å². The van der Waals surface area contributed by atoms with Gasteiger partial charge in [0.2, 0.25) is 5.91 Å². The van der Waals surface area contributed by atoms with Crippen molar-refractivity contribution in [1.29, 1.82) is 0 Å². The van der Waals surface area contributed by atoms with Crippen molar-refractivity contribution in [1.82, 2.24) is 10.2 Å². The molecule has 0 aromatic heterocycles. The van der Waals surface area contributed by atoms with Crippen LogP contribution in [-0.4, -0.2) is 60.1 Å². The van der Waals surface area contributed by atoms with E-state index in [1.807, 2.05) is 0 Å². The number of nitrogens with zero attached hydrogens (tertiary/aromatic N) is 1. The van der Waals surface area contributed by atoms with Crippen LogP contribution in [0.3, 0.4) is 0 Å². The second-order valence-electron chi connectivity index (χ2n) is 6.29. The van der Waals surface area contributed by atoms with Gasteiger partial charge in [0, 0.05) is 19.4 Å². The number of ether oxygens (including phenoxy) is 2. The van der Waals surface area contributed by atoms with E-state index in [0.717, 1.165) is 0 Å². The Morgan fingerprint density at radius 2 is 2.20 bits per heavy atom. The molecule has 134 valence electrons. The number of aliphatic carboxylic acids is 1. The first-order chi connectivity index (χ1) is 11.9. The third kappa shape index (κ3) is 3.52. The number of benzene rings is 1. The van der Waals surface area contributed by atoms with E-state index in [4.69, 9.17) is 14.6 Å². The van der Waals surface area contributed by atoms with Crippen LogP contribution in [0, 0.1) is 0 Å². The van der Waals surface area contributed by atoms with Crippen molar-refractivity contribution in [3.05, 3.63) is 23.8 Å². The molecule has 1 atom stereocenters. The molecule has 0 saturated carbocycles. The molecule has 1 saturated heterocycles. The summed E-state index contributed by atoms with van der Waals surface area (Å²) in [4.78, 5) is 36.8. The van der Waals surface area contributed by atoms with Crippen LogP contribution >= 0.6 is 0 Å². The van der Waals surface area contributed by atoms with Crippen molar-refractivity contribution < 1.29 is 29.0 Å². The Kier molecular flexibility index (Phi) is 4.52. The van der Waals surface area contributed by atoms with Crippen molar-refractivity contribution >= 4 is 17.8 Å². The summed E-state index contributed by atoms with van der Waals surface area (Å²) in [5.41, 5.74) is -0.354. The number of carboxylic acid groups (broad SMARTS) is 1. The average Bonchev–Trinajstić information content (AvgIpc) is 2.82. The zero-order valence-electron chi connectivity index (χ0n) is 13.9. The molecule has 3 rings (SSSR count). The summed E-state index contributed by atoms with van der Waals surface area (Å²) >= 11 is 0. The highest BCUT2D eigenvalue weighted by Crippen LogP contribution is 2.34. The summed E-state index contributed by atoms with van der Waals surface area (Å²) < 4.78 is 11.3. The summed E-state index contributed by atoms with van der Waals surface area (Å²) in [5.74, 6) is -0.527. The predicted octanol–water partition coefficient (Wildman–Crippen LogP) is 0.653. The maximum Gasteiger partial charge on any atom is 0.323 e. The molecule has 1 aromatic carbocycles. The van der Waals surface area contributed by atoms with Crippen molar-refractivity contribution in [2.45, 2.75) is 24.9 Å². The summed E-state index contributed by atoms with van der Waals surface area (Å²) in [5, 5.41) is 11.8. The number of hydrogen-bond donors (Lipinski definition) is 2. The average molecular weight is 348 g/mol. The van der Waals surface area contributed by atoms with Gasteiger partial charge in [-0.05, 0) is 24.6 Å². The van der Waals surface area contributed by atoms with Gasteiger partial charge in [-0.1, -0.05) is 0 Å².